The Hall–Kier alpha value is -2.12. The molecule has 2 heterocycles. The fourth-order valence-electron chi connectivity index (χ4n) is 4.43. The molecule has 1 N–H and O–H groups in total. The summed E-state index contributed by atoms with van der Waals surface area (Å²) in [5, 5.41) is 2.66. The van der Waals surface area contributed by atoms with Crippen molar-refractivity contribution in [1.82, 2.24) is 9.21 Å². The van der Waals surface area contributed by atoms with Gasteiger partial charge in [-0.1, -0.05) is 17.5 Å². The third kappa shape index (κ3) is 4.72. The average molecular weight is 468 g/mol. The summed E-state index contributed by atoms with van der Waals surface area (Å²) in [6.07, 6.45) is 7.24. The van der Waals surface area contributed by atoms with E-state index in [9.17, 15) is 18.0 Å². The number of nitrogens with one attached hydrogen (secondary N) is 1. The predicted octanol–water partition coefficient (Wildman–Crippen LogP) is 1.95. The van der Waals surface area contributed by atoms with Crippen molar-refractivity contribution in [2.45, 2.75) is 43.2 Å². The minimum Gasteiger partial charge on any atom is -0.384 e. The average Bonchev–Trinajstić information content (AvgIpc) is 2.78. The molecule has 2 fully saturated rings. The second kappa shape index (κ2) is 9.57. The van der Waals surface area contributed by atoms with Gasteiger partial charge in [0.25, 0.3) is 0 Å². The number of benzene rings is 1. The van der Waals surface area contributed by atoms with Crippen molar-refractivity contribution in [1.29, 1.82) is 0 Å². The number of hydrogen-bond donors (Lipinski definition) is 1. The number of sulfonamides is 1. The molecule has 3 rings (SSSR count). The van der Waals surface area contributed by atoms with Gasteiger partial charge in [-0.3, -0.25) is 9.59 Å². The maximum atomic E-state index is 13.7. The molecular weight excluding hydrogens is 442 g/mol. The molecule has 2 bridgehead atoms. The van der Waals surface area contributed by atoms with Crippen LogP contribution in [0.3, 0.4) is 0 Å². The number of amides is 2. The van der Waals surface area contributed by atoms with Gasteiger partial charge in [0.15, 0.2) is 0 Å². The van der Waals surface area contributed by atoms with E-state index in [1.807, 2.05) is 0 Å². The fourth-order valence-corrected chi connectivity index (χ4v) is 6.64. The highest BCUT2D eigenvalue weighted by Crippen LogP contribution is 2.38. The minimum atomic E-state index is -4.05. The Balaban J connectivity index is 2.05. The summed E-state index contributed by atoms with van der Waals surface area (Å²) in [5.41, 5.74) is 0.317. The first-order valence-electron chi connectivity index (χ1n) is 10.0. The minimum absolute atomic E-state index is 0.0298. The summed E-state index contributed by atoms with van der Waals surface area (Å²) >= 11 is 6.23. The van der Waals surface area contributed by atoms with Gasteiger partial charge in [0.05, 0.1) is 28.8 Å². The van der Waals surface area contributed by atoms with E-state index in [2.05, 4.69) is 11.2 Å². The Kier molecular flexibility index (Phi) is 7.27. The Morgan fingerprint density at radius 1 is 1.39 bits per heavy atom. The monoisotopic (exact) mass is 467 g/mol. The van der Waals surface area contributed by atoms with E-state index in [1.54, 1.807) is 12.0 Å². The number of hydrogen-bond acceptors (Lipinski definition) is 5. The number of carbonyl (C=O) groups is 2. The lowest BCUT2D eigenvalue weighted by Crippen LogP contribution is -2.55. The molecule has 0 saturated carbocycles. The molecule has 2 aliphatic heterocycles. The number of halogens is 1. The highest BCUT2D eigenvalue weighted by atomic mass is 35.5. The summed E-state index contributed by atoms with van der Waals surface area (Å²) in [6, 6.07) is 2.92. The number of anilines is 1. The SMILES string of the molecule is C#CCN1C[C@H](COC)C2CCCC(C1=O)N2S(=O)(=O)c1ccc(NC(C)=O)c(Cl)c1. The Labute approximate surface area is 187 Å². The first kappa shape index (κ1) is 23.5. The Bertz CT molecular complexity index is 1010. The van der Waals surface area contributed by atoms with Crippen molar-refractivity contribution in [3.05, 3.63) is 23.2 Å². The highest BCUT2D eigenvalue weighted by molar-refractivity contribution is 7.89. The van der Waals surface area contributed by atoms with E-state index >= 15 is 0 Å². The quantitative estimate of drug-likeness (QED) is 0.645. The lowest BCUT2D eigenvalue weighted by Gasteiger charge is -2.40. The summed E-state index contributed by atoms with van der Waals surface area (Å²) in [4.78, 5) is 26.1. The van der Waals surface area contributed by atoms with Crippen LogP contribution in [0, 0.1) is 18.3 Å². The zero-order chi connectivity index (χ0) is 22.8. The molecule has 2 saturated heterocycles. The summed E-state index contributed by atoms with van der Waals surface area (Å²) in [6.45, 7) is 2.10. The lowest BCUT2D eigenvalue weighted by atomic mass is 9.91. The zero-order valence-electron chi connectivity index (χ0n) is 17.5. The maximum absolute atomic E-state index is 13.7. The van der Waals surface area contributed by atoms with E-state index in [-0.39, 0.29) is 34.2 Å². The molecule has 1 aromatic rings. The number of terminal acetylenes is 1. The third-order valence-electron chi connectivity index (χ3n) is 5.70. The summed E-state index contributed by atoms with van der Waals surface area (Å²) in [7, 11) is -2.50. The summed E-state index contributed by atoms with van der Waals surface area (Å²) in [5.74, 6) is 1.68. The van der Waals surface area contributed by atoms with Crippen LogP contribution in [0.25, 0.3) is 0 Å². The van der Waals surface area contributed by atoms with Gasteiger partial charge in [-0.2, -0.15) is 4.31 Å². The second-order valence-corrected chi connectivity index (χ2v) is 10.1. The molecular formula is C21H26ClN3O5S. The molecule has 3 atom stereocenters. The van der Waals surface area contributed by atoms with Crippen LogP contribution in [-0.2, 0) is 24.3 Å². The van der Waals surface area contributed by atoms with Gasteiger partial charge in [0.1, 0.15) is 6.04 Å². The summed E-state index contributed by atoms with van der Waals surface area (Å²) < 4.78 is 34.1. The number of nitrogens with zero attached hydrogens (tertiary/aromatic N) is 2. The number of piperidine rings is 1. The van der Waals surface area contributed by atoms with Gasteiger partial charge in [-0.05, 0) is 37.5 Å². The first-order valence-corrected chi connectivity index (χ1v) is 11.8. The van der Waals surface area contributed by atoms with Gasteiger partial charge in [0.2, 0.25) is 21.8 Å². The molecule has 31 heavy (non-hydrogen) atoms. The smallest absolute Gasteiger partial charge is 0.244 e. The van der Waals surface area contributed by atoms with Gasteiger partial charge < -0.3 is 15.0 Å². The predicted molar refractivity (Wildman–Crippen MR) is 117 cm³/mol. The van der Waals surface area contributed by atoms with Gasteiger partial charge in [-0.25, -0.2) is 8.42 Å². The highest BCUT2D eigenvalue weighted by Gasteiger charge is 2.50. The number of methoxy groups -OCH3 is 1. The van der Waals surface area contributed by atoms with Crippen LogP contribution in [-0.4, -0.2) is 68.3 Å². The zero-order valence-corrected chi connectivity index (χ0v) is 19.1. The molecule has 1 aromatic carbocycles. The molecule has 2 unspecified atom stereocenters. The number of rotatable bonds is 6. The number of carbonyl (C=O) groups excluding carboxylic acids is 2. The number of fused-ring (bicyclic) bond motifs is 2. The van der Waals surface area contributed by atoms with Crippen LogP contribution in [0.15, 0.2) is 23.1 Å². The van der Waals surface area contributed by atoms with Crippen LogP contribution in [0.1, 0.15) is 26.2 Å². The van der Waals surface area contributed by atoms with Gasteiger partial charge in [-0.15, -0.1) is 6.42 Å². The van der Waals surface area contributed by atoms with Crippen LogP contribution in [0.2, 0.25) is 5.02 Å². The second-order valence-electron chi connectivity index (χ2n) is 7.81. The van der Waals surface area contributed by atoms with E-state index in [0.29, 0.717) is 31.7 Å². The topological polar surface area (TPSA) is 96.0 Å². The molecule has 0 spiro atoms. The van der Waals surface area contributed by atoms with Gasteiger partial charge >= 0.3 is 0 Å². The largest absolute Gasteiger partial charge is 0.384 e. The van der Waals surface area contributed by atoms with E-state index in [1.165, 1.54) is 29.4 Å². The standard InChI is InChI=1S/C21H26ClN3O5S/c1-4-10-24-12-15(13-30-3)19-6-5-7-20(21(24)27)25(19)31(28,29)16-8-9-18(17(22)11-16)23-14(2)26/h1,8-9,11,15,19-20H,5-7,10,12-13H2,2-3H3,(H,23,26)/t15-,19?,20?/m1/s1. The molecule has 8 nitrogen and oxygen atoms in total. The molecule has 2 aliphatic rings. The van der Waals surface area contributed by atoms with Crippen molar-refractivity contribution in [3.63, 3.8) is 0 Å². The van der Waals surface area contributed by atoms with Crippen molar-refractivity contribution < 1.29 is 22.7 Å². The molecule has 0 aromatic heterocycles. The van der Waals surface area contributed by atoms with Crippen molar-refractivity contribution >= 4 is 39.1 Å². The molecule has 0 radical (unpaired) electrons. The van der Waals surface area contributed by atoms with Crippen LogP contribution >= 0.6 is 11.6 Å². The Morgan fingerprint density at radius 3 is 2.74 bits per heavy atom. The lowest BCUT2D eigenvalue weighted by molar-refractivity contribution is -0.134. The van der Waals surface area contributed by atoms with E-state index in [0.717, 1.165) is 6.42 Å². The normalized spacial score (nSPS) is 24.4. The fraction of sp³-hybridized carbons (Fsp3) is 0.524. The van der Waals surface area contributed by atoms with E-state index < -0.39 is 22.1 Å². The van der Waals surface area contributed by atoms with E-state index in [4.69, 9.17) is 22.8 Å². The van der Waals surface area contributed by atoms with Crippen LogP contribution < -0.4 is 5.32 Å². The van der Waals surface area contributed by atoms with Crippen molar-refractivity contribution in [2.75, 3.05) is 32.1 Å². The maximum Gasteiger partial charge on any atom is 0.244 e. The molecule has 168 valence electrons. The number of ether oxygens (including phenoxy) is 1. The van der Waals surface area contributed by atoms with Crippen molar-refractivity contribution in [2.24, 2.45) is 5.92 Å². The van der Waals surface area contributed by atoms with Gasteiger partial charge in [0, 0.05) is 32.5 Å². The molecule has 0 aliphatic carbocycles. The third-order valence-corrected chi connectivity index (χ3v) is 7.94. The van der Waals surface area contributed by atoms with Crippen LogP contribution in [0.5, 0.6) is 0 Å². The van der Waals surface area contributed by atoms with Crippen LogP contribution in [0.4, 0.5) is 5.69 Å². The first-order chi connectivity index (χ1) is 14.7. The molecule has 10 heteroatoms. The van der Waals surface area contributed by atoms with Crippen molar-refractivity contribution in [3.8, 4) is 12.3 Å². The molecule has 2 amide bonds. The Morgan fingerprint density at radius 2 is 2.13 bits per heavy atom.